The zero-order valence-corrected chi connectivity index (χ0v) is 12.2. The van der Waals surface area contributed by atoms with Gasteiger partial charge in [-0.05, 0) is 18.2 Å². The van der Waals surface area contributed by atoms with Gasteiger partial charge in [-0.1, -0.05) is 11.3 Å². The lowest BCUT2D eigenvalue weighted by molar-refractivity contribution is -0.114. The molecule has 0 aliphatic carbocycles. The summed E-state index contributed by atoms with van der Waals surface area (Å²) in [6, 6.07) is 5.57. The van der Waals surface area contributed by atoms with Crippen molar-refractivity contribution in [3.63, 3.8) is 0 Å². The van der Waals surface area contributed by atoms with E-state index in [0.717, 1.165) is 21.6 Å². The molecule has 4 aromatic heterocycles. The molecule has 4 heterocycles. The number of nitrogens with one attached hydrogen (secondary N) is 1. The minimum absolute atomic E-state index is 0.153. The number of hydrogen-bond donors (Lipinski definition) is 1. The standard InChI is InChI=1S/C14H9N5O2S/c1-7(20)17-14-19-10-3-2-9(18-13(10)22-14)8-4-11-12(15-5-8)16-6-21-11/h2-6H,1H3,(H,17,19,20). The number of oxazole rings is 1. The van der Waals surface area contributed by atoms with E-state index in [4.69, 9.17) is 4.42 Å². The van der Waals surface area contributed by atoms with Gasteiger partial charge in [0.05, 0.1) is 5.69 Å². The smallest absolute Gasteiger partial charge is 0.223 e. The van der Waals surface area contributed by atoms with E-state index in [0.29, 0.717) is 16.4 Å². The number of carbonyl (C=O) groups excluding carboxylic acids is 1. The Balaban J connectivity index is 1.79. The number of aromatic nitrogens is 4. The topological polar surface area (TPSA) is 93.8 Å². The number of rotatable bonds is 2. The van der Waals surface area contributed by atoms with Crippen LogP contribution in [0.15, 0.2) is 35.2 Å². The largest absolute Gasteiger partial charge is 0.442 e. The van der Waals surface area contributed by atoms with Crippen LogP contribution in [0.1, 0.15) is 6.92 Å². The zero-order valence-electron chi connectivity index (χ0n) is 11.4. The fourth-order valence-corrected chi connectivity index (χ4v) is 2.96. The van der Waals surface area contributed by atoms with Crippen molar-refractivity contribution < 1.29 is 9.21 Å². The average Bonchev–Trinajstić information content (AvgIpc) is 3.10. The van der Waals surface area contributed by atoms with Gasteiger partial charge in [0.15, 0.2) is 22.8 Å². The lowest BCUT2D eigenvalue weighted by Gasteiger charge is -1.99. The van der Waals surface area contributed by atoms with Crippen LogP contribution in [0.2, 0.25) is 0 Å². The van der Waals surface area contributed by atoms with E-state index < -0.39 is 0 Å². The highest BCUT2D eigenvalue weighted by Gasteiger charge is 2.10. The maximum absolute atomic E-state index is 11.1. The number of anilines is 1. The van der Waals surface area contributed by atoms with Gasteiger partial charge in [0.2, 0.25) is 5.91 Å². The fraction of sp³-hybridized carbons (Fsp3) is 0.0714. The van der Waals surface area contributed by atoms with Crippen molar-refractivity contribution in [3.8, 4) is 11.3 Å². The Kier molecular flexibility index (Phi) is 2.83. The molecule has 0 saturated heterocycles. The van der Waals surface area contributed by atoms with Gasteiger partial charge in [-0.2, -0.15) is 4.98 Å². The molecule has 0 aliphatic rings. The maximum atomic E-state index is 11.1. The monoisotopic (exact) mass is 311 g/mol. The lowest BCUT2D eigenvalue weighted by atomic mass is 10.2. The molecule has 0 bridgehead atoms. The Morgan fingerprint density at radius 1 is 1.27 bits per heavy atom. The third-order valence-electron chi connectivity index (χ3n) is 3.02. The van der Waals surface area contributed by atoms with E-state index in [1.165, 1.54) is 24.7 Å². The first kappa shape index (κ1) is 12.8. The second-order valence-corrected chi connectivity index (χ2v) is 5.60. The summed E-state index contributed by atoms with van der Waals surface area (Å²) in [6.45, 7) is 1.45. The molecular weight excluding hydrogens is 302 g/mol. The number of pyridine rings is 2. The number of carbonyl (C=O) groups is 1. The third kappa shape index (κ3) is 2.19. The molecule has 4 rings (SSSR count). The predicted molar refractivity (Wildman–Crippen MR) is 82.5 cm³/mol. The predicted octanol–water partition coefficient (Wildman–Crippen LogP) is 2.85. The zero-order chi connectivity index (χ0) is 15.1. The Labute approximate surface area is 128 Å². The van der Waals surface area contributed by atoms with Crippen LogP contribution >= 0.6 is 11.3 Å². The van der Waals surface area contributed by atoms with Crippen LogP contribution in [0.3, 0.4) is 0 Å². The number of thiazole rings is 1. The van der Waals surface area contributed by atoms with Crippen molar-refractivity contribution in [1.29, 1.82) is 0 Å². The molecule has 0 aromatic carbocycles. The van der Waals surface area contributed by atoms with Crippen molar-refractivity contribution in [2.75, 3.05) is 5.32 Å². The van der Waals surface area contributed by atoms with Crippen LogP contribution in [0.25, 0.3) is 32.8 Å². The molecule has 0 spiro atoms. The minimum Gasteiger partial charge on any atom is -0.442 e. The van der Waals surface area contributed by atoms with Crippen molar-refractivity contribution in [2.24, 2.45) is 0 Å². The Morgan fingerprint density at radius 2 is 2.18 bits per heavy atom. The first-order chi connectivity index (χ1) is 10.7. The highest BCUT2D eigenvalue weighted by Crippen LogP contribution is 2.28. The molecule has 4 aromatic rings. The normalized spacial score (nSPS) is 11.1. The molecule has 1 N–H and O–H groups in total. The quantitative estimate of drug-likeness (QED) is 0.612. The van der Waals surface area contributed by atoms with E-state index in [-0.39, 0.29) is 5.91 Å². The van der Waals surface area contributed by atoms with Gasteiger partial charge >= 0.3 is 0 Å². The Bertz CT molecular complexity index is 1010. The molecule has 0 aliphatic heterocycles. The summed E-state index contributed by atoms with van der Waals surface area (Å²) in [5.41, 5.74) is 3.52. The molecule has 0 saturated carbocycles. The molecule has 0 fully saturated rings. The van der Waals surface area contributed by atoms with Gasteiger partial charge in [0, 0.05) is 18.7 Å². The van der Waals surface area contributed by atoms with Crippen molar-refractivity contribution in [1.82, 2.24) is 19.9 Å². The fourth-order valence-electron chi connectivity index (χ4n) is 2.08. The van der Waals surface area contributed by atoms with Gasteiger partial charge in [-0.3, -0.25) is 4.79 Å². The number of fused-ring (bicyclic) bond motifs is 2. The lowest BCUT2D eigenvalue weighted by Crippen LogP contribution is -2.04. The summed E-state index contributed by atoms with van der Waals surface area (Å²) < 4.78 is 5.26. The summed E-state index contributed by atoms with van der Waals surface area (Å²) in [6.07, 6.45) is 3.07. The van der Waals surface area contributed by atoms with Crippen LogP contribution < -0.4 is 5.32 Å². The summed E-state index contributed by atoms with van der Waals surface area (Å²) in [5, 5.41) is 3.20. The van der Waals surface area contributed by atoms with E-state index in [9.17, 15) is 4.79 Å². The first-order valence-corrected chi connectivity index (χ1v) is 7.25. The minimum atomic E-state index is -0.153. The molecule has 7 nitrogen and oxygen atoms in total. The van der Waals surface area contributed by atoms with Crippen LogP contribution in [0.5, 0.6) is 0 Å². The van der Waals surface area contributed by atoms with E-state index in [2.05, 4.69) is 25.3 Å². The highest BCUT2D eigenvalue weighted by molar-refractivity contribution is 7.21. The van der Waals surface area contributed by atoms with Gasteiger partial charge in [-0.25, -0.2) is 15.0 Å². The molecule has 108 valence electrons. The summed E-state index contributed by atoms with van der Waals surface area (Å²) >= 11 is 1.33. The number of hydrogen-bond acceptors (Lipinski definition) is 7. The molecule has 0 atom stereocenters. The molecule has 8 heteroatoms. The number of amides is 1. The van der Waals surface area contributed by atoms with Gasteiger partial charge < -0.3 is 9.73 Å². The third-order valence-corrected chi connectivity index (χ3v) is 3.90. The molecule has 1 amide bonds. The van der Waals surface area contributed by atoms with Gasteiger partial charge in [0.25, 0.3) is 0 Å². The second-order valence-electron chi connectivity index (χ2n) is 4.62. The van der Waals surface area contributed by atoms with Gasteiger partial charge in [0.1, 0.15) is 10.3 Å². The van der Waals surface area contributed by atoms with Gasteiger partial charge in [-0.15, -0.1) is 0 Å². The average molecular weight is 311 g/mol. The molecular formula is C14H9N5O2S. The van der Waals surface area contributed by atoms with Crippen LogP contribution in [0, 0.1) is 0 Å². The summed E-state index contributed by atoms with van der Waals surface area (Å²) in [5.74, 6) is -0.153. The van der Waals surface area contributed by atoms with Crippen molar-refractivity contribution in [3.05, 3.63) is 30.8 Å². The number of nitrogens with zero attached hydrogens (tertiary/aromatic N) is 4. The maximum Gasteiger partial charge on any atom is 0.223 e. The molecule has 0 unspecified atom stereocenters. The first-order valence-electron chi connectivity index (χ1n) is 6.44. The summed E-state index contributed by atoms with van der Waals surface area (Å²) in [4.78, 5) is 28.9. The van der Waals surface area contributed by atoms with Crippen LogP contribution in [-0.2, 0) is 4.79 Å². The Hall–Kier alpha value is -2.87. The highest BCUT2D eigenvalue weighted by atomic mass is 32.1. The van der Waals surface area contributed by atoms with Crippen molar-refractivity contribution in [2.45, 2.75) is 6.92 Å². The SMILES string of the molecule is CC(=O)Nc1nc2ccc(-c3cnc4ncoc4c3)nc2s1. The Morgan fingerprint density at radius 3 is 3.05 bits per heavy atom. The van der Waals surface area contributed by atoms with E-state index >= 15 is 0 Å². The molecule has 22 heavy (non-hydrogen) atoms. The summed E-state index contributed by atoms with van der Waals surface area (Å²) in [7, 11) is 0. The van der Waals surface area contributed by atoms with Crippen molar-refractivity contribution >= 4 is 44.0 Å². The van der Waals surface area contributed by atoms with Crippen LogP contribution in [-0.4, -0.2) is 25.8 Å². The van der Waals surface area contributed by atoms with E-state index in [1.807, 2.05) is 18.2 Å². The van der Waals surface area contributed by atoms with Crippen LogP contribution in [0.4, 0.5) is 5.13 Å². The van der Waals surface area contributed by atoms with E-state index in [1.54, 1.807) is 6.20 Å². The second kappa shape index (κ2) is 4.85. The molecule has 0 radical (unpaired) electrons.